The van der Waals surface area contributed by atoms with Crippen LogP contribution in [0.2, 0.25) is 0 Å². The van der Waals surface area contributed by atoms with Gasteiger partial charge in [-0.25, -0.2) is 0 Å². The van der Waals surface area contributed by atoms with Gasteiger partial charge < -0.3 is 15.2 Å². The van der Waals surface area contributed by atoms with E-state index < -0.39 is 0 Å². The molecular weight excluding hydrogens is 334 g/mol. The zero-order valence-corrected chi connectivity index (χ0v) is 14.7. The lowest BCUT2D eigenvalue weighted by Crippen LogP contribution is -2.35. The second-order valence-electron chi connectivity index (χ2n) is 5.60. The fraction of sp³-hybridized carbons (Fsp3) is 0.333. The minimum absolute atomic E-state index is 0.229. The molecule has 0 radical (unpaired) electrons. The van der Waals surface area contributed by atoms with Gasteiger partial charge in [0.1, 0.15) is 5.75 Å². The Morgan fingerprint density at radius 2 is 2.15 bits per heavy atom. The molecule has 0 saturated carbocycles. The minimum atomic E-state index is -0.352. The van der Waals surface area contributed by atoms with Gasteiger partial charge in [0.15, 0.2) is 5.96 Å². The van der Waals surface area contributed by atoms with E-state index in [0.29, 0.717) is 25.4 Å². The number of amides is 1. The van der Waals surface area contributed by atoms with E-state index in [4.69, 9.17) is 20.6 Å². The molecule has 0 aliphatic rings. The predicted molar refractivity (Wildman–Crippen MR) is 97.8 cm³/mol. The van der Waals surface area contributed by atoms with E-state index >= 15 is 0 Å². The first kappa shape index (κ1) is 19.3. The third kappa shape index (κ3) is 6.14. The first-order valence-corrected chi connectivity index (χ1v) is 8.26. The summed E-state index contributed by atoms with van der Waals surface area (Å²) in [5.41, 5.74) is 7.66. The van der Waals surface area contributed by atoms with Gasteiger partial charge in [-0.1, -0.05) is 6.07 Å². The van der Waals surface area contributed by atoms with Crippen molar-refractivity contribution in [1.29, 1.82) is 5.41 Å². The van der Waals surface area contributed by atoms with Gasteiger partial charge in [0, 0.05) is 38.3 Å². The molecule has 26 heavy (non-hydrogen) atoms. The Morgan fingerprint density at radius 3 is 2.85 bits per heavy atom. The molecule has 4 N–H and O–H groups in total. The Kier molecular flexibility index (Phi) is 7.50. The maximum atomic E-state index is 11.6. The first-order valence-electron chi connectivity index (χ1n) is 8.26. The van der Waals surface area contributed by atoms with Crippen molar-refractivity contribution in [2.75, 3.05) is 20.3 Å². The van der Waals surface area contributed by atoms with Gasteiger partial charge in [-0.15, -0.1) is 0 Å². The van der Waals surface area contributed by atoms with Crippen molar-refractivity contribution in [1.82, 2.24) is 15.5 Å². The van der Waals surface area contributed by atoms with Gasteiger partial charge >= 0.3 is 0 Å². The van der Waals surface area contributed by atoms with Gasteiger partial charge in [0.05, 0.1) is 12.3 Å². The Balaban J connectivity index is 2.13. The molecule has 0 bridgehead atoms. The molecule has 8 nitrogen and oxygen atoms in total. The van der Waals surface area contributed by atoms with E-state index in [1.54, 1.807) is 13.3 Å². The number of ether oxygens (including phenoxy) is 2. The highest BCUT2D eigenvalue weighted by Gasteiger charge is 2.11. The second-order valence-corrected chi connectivity index (χ2v) is 5.60. The first-order chi connectivity index (χ1) is 12.6. The lowest BCUT2D eigenvalue weighted by Gasteiger charge is -2.13. The summed E-state index contributed by atoms with van der Waals surface area (Å²) in [5, 5.41) is 17.4. The van der Waals surface area contributed by atoms with Crippen molar-refractivity contribution in [3.05, 3.63) is 42.1 Å². The molecule has 2 aromatic rings. The highest BCUT2D eigenvalue weighted by molar-refractivity contribution is 5.94. The summed E-state index contributed by atoms with van der Waals surface area (Å²) < 4.78 is 10.9. The summed E-state index contributed by atoms with van der Waals surface area (Å²) in [6.45, 7) is 1.13. The predicted octanol–water partition coefficient (Wildman–Crippen LogP) is 1.50. The van der Waals surface area contributed by atoms with Crippen molar-refractivity contribution >= 4 is 11.9 Å². The largest absolute Gasteiger partial charge is 0.493 e. The molecule has 0 spiro atoms. The molecule has 1 amide bonds. The minimum Gasteiger partial charge on any atom is -0.493 e. The average Bonchev–Trinajstić information content (AvgIpc) is 2.64. The zero-order chi connectivity index (χ0) is 18.8. The number of aryl methyl sites for hydroxylation is 1. The van der Waals surface area contributed by atoms with Gasteiger partial charge in [-0.3, -0.25) is 15.5 Å². The van der Waals surface area contributed by atoms with E-state index in [1.165, 1.54) is 0 Å². The van der Waals surface area contributed by atoms with E-state index in [0.717, 1.165) is 23.2 Å². The summed E-state index contributed by atoms with van der Waals surface area (Å²) in [4.78, 5) is 11.6. The van der Waals surface area contributed by atoms with E-state index in [1.807, 2.05) is 30.3 Å². The van der Waals surface area contributed by atoms with Crippen LogP contribution in [-0.4, -0.2) is 42.4 Å². The molecule has 1 aromatic heterocycles. The van der Waals surface area contributed by atoms with Crippen LogP contribution in [-0.2, 0) is 16.0 Å². The third-order valence-corrected chi connectivity index (χ3v) is 3.56. The average molecular weight is 357 g/mol. The SMILES string of the molecule is COCCCOc1cc(CCC(=O)NC(=N)N)ccc1-c1cccnn1. The Labute approximate surface area is 152 Å². The molecule has 0 atom stereocenters. The number of aromatic nitrogens is 2. The van der Waals surface area contributed by atoms with Crippen LogP contribution in [0.1, 0.15) is 18.4 Å². The number of carbonyl (C=O) groups excluding carboxylic acids is 1. The fourth-order valence-electron chi connectivity index (χ4n) is 2.35. The van der Waals surface area contributed by atoms with Crippen molar-refractivity contribution in [3.63, 3.8) is 0 Å². The van der Waals surface area contributed by atoms with Crippen LogP contribution in [0.5, 0.6) is 5.75 Å². The second kappa shape index (κ2) is 10.1. The highest BCUT2D eigenvalue weighted by Crippen LogP contribution is 2.30. The summed E-state index contributed by atoms with van der Waals surface area (Å²) >= 11 is 0. The number of nitrogens with one attached hydrogen (secondary N) is 2. The van der Waals surface area contributed by atoms with Gasteiger partial charge in [0.2, 0.25) is 5.91 Å². The van der Waals surface area contributed by atoms with Crippen LogP contribution >= 0.6 is 0 Å². The van der Waals surface area contributed by atoms with Gasteiger partial charge in [0.25, 0.3) is 0 Å². The molecule has 0 fully saturated rings. The summed E-state index contributed by atoms with van der Waals surface area (Å²) in [6.07, 6.45) is 3.12. The lowest BCUT2D eigenvalue weighted by molar-refractivity contribution is -0.119. The molecule has 138 valence electrons. The van der Waals surface area contributed by atoms with Crippen LogP contribution in [0, 0.1) is 5.41 Å². The molecule has 0 unspecified atom stereocenters. The maximum Gasteiger partial charge on any atom is 0.226 e. The van der Waals surface area contributed by atoms with Crippen LogP contribution in [0.4, 0.5) is 0 Å². The number of hydrogen-bond donors (Lipinski definition) is 3. The van der Waals surface area contributed by atoms with Crippen molar-refractivity contribution in [2.45, 2.75) is 19.3 Å². The lowest BCUT2D eigenvalue weighted by atomic mass is 10.0. The molecule has 0 saturated heterocycles. The number of hydrogen-bond acceptors (Lipinski definition) is 6. The normalized spacial score (nSPS) is 10.3. The van der Waals surface area contributed by atoms with Crippen LogP contribution < -0.4 is 15.8 Å². The Morgan fingerprint density at radius 1 is 1.31 bits per heavy atom. The molecule has 0 aliphatic carbocycles. The smallest absolute Gasteiger partial charge is 0.226 e. The number of benzene rings is 1. The molecular formula is C18H23N5O3. The topological polar surface area (TPSA) is 123 Å². The van der Waals surface area contributed by atoms with Crippen LogP contribution in [0.25, 0.3) is 11.3 Å². The van der Waals surface area contributed by atoms with Crippen LogP contribution in [0.15, 0.2) is 36.5 Å². The van der Waals surface area contributed by atoms with Crippen molar-refractivity contribution < 1.29 is 14.3 Å². The number of rotatable bonds is 9. The quantitative estimate of drug-likeness (QED) is 0.355. The standard InChI is InChI=1S/C18H23N5O3/c1-25-10-3-11-26-16-12-13(6-8-17(24)22-18(19)20)5-7-14(16)15-4-2-9-21-23-15/h2,4-5,7,9,12H,3,6,8,10-11H2,1H3,(H4,19,20,22,24). The summed E-state index contributed by atoms with van der Waals surface area (Å²) in [6, 6.07) is 9.42. The molecule has 2 rings (SSSR count). The summed E-state index contributed by atoms with van der Waals surface area (Å²) in [7, 11) is 1.65. The van der Waals surface area contributed by atoms with Crippen molar-refractivity contribution in [3.8, 4) is 17.0 Å². The fourth-order valence-corrected chi connectivity index (χ4v) is 2.35. The van der Waals surface area contributed by atoms with E-state index in [-0.39, 0.29) is 18.3 Å². The number of carbonyl (C=O) groups is 1. The zero-order valence-electron chi connectivity index (χ0n) is 14.7. The maximum absolute atomic E-state index is 11.6. The molecule has 0 aliphatic heterocycles. The highest BCUT2D eigenvalue weighted by atomic mass is 16.5. The number of nitrogens with zero attached hydrogens (tertiary/aromatic N) is 2. The van der Waals surface area contributed by atoms with E-state index in [2.05, 4.69) is 15.5 Å². The molecule has 8 heteroatoms. The number of guanidine groups is 1. The van der Waals surface area contributed by atoms with Crippen LogP contribution in [0.3, 0.4) is 0 Å². The van der Waals surface area contributed by atoms with E-state index in [9.17, 15) is 4.79 Å². The summed E-state index contributed by atoms with van der Waals surface area (Å²) in [5.74, 6) is 0.0410. The third-order valence-electron chi connectivity index (χ3n) is 3.56. The van der Waals surface area contributed by atoms with Gasteiger partial charge in [-0.2, -0.15) is 10.2 Å². The van der Waals surface area contributed by atoms with Gasteiger partial charge in [-0.05, 0) is 36.2 Å². The Bertz CT molecular complexity index is 737. The Hall–Kier alpha value is -3.00. The van der Waals surface area contributed by atoms with Crippen molar-refractivity contribution in [2.24, 2.45) is 5.73 Å². The monoisotopic (exact) mass is 357 g/mol. The number of methoxy groups -OCH3 is 1. The molecule has 1 aromatic carbocycles. The number of nitrogens with two attached hydrogens (primary N) is 1. The molecule has 1 heterocycles.